The summed E-state index contributed by atoms with van der Waals surface area (Å²) in [6, 6.07) is 0. The number of hydrogen-bond donors (Lipinski definition) is 3. The van der Waals surface area contributed by atoms with Gasteiger partial charge < -0.3 is 24.8 Å². The van der Waals surface area contributed by atoms with Crippen molar-refractivity contribution in [2.24, 2.45) is 17.8 Å². The second-order valence-electron chi connectivity index (χ2n) is 8.43. The van der Waals surface area contributed by atoms with E-state index in [0.29, 0.717) is 32.8 Å². The molecule has 0 amide bonds. The van der Waals surface area contributed by atoms with Gasteiger partial charge in [0.2, 0.25) is 0 Å². The molecule has 4 fully saturated rings. The molecule has 6 heteroatoms. The minimum Gasteiger partial charge on any atom is -0.395 e. The van der Waals surface area contributed by atoms with Gasteiger partial charge in [0.1, 0.15) is 0 Å². The molecule has 0 aromatic carbocycles. The third kappa shape index (κ3) is 5.37. The van der Waals surface area contributed by atoms with Crippen LogP contribution in [0.1, 0.15) is 38.5 Å². The minimum atomic E-state index is -0.613. The summed E-state index contributed by atoms with van der Waals surface area (Å²) in [5, 5.41) is 28.0. The van der Waals surface area contributed by atoms with E-state index in [0.717, 1.165) is 17.8 Å². The van der Waals surface area contributed by atoms with Gasteiger partial charge in [-0.15, -0.1) is 0 Å². The fraction of sp³-hybridized carbons (Fsp3) is 1.00. The summed E-state index contributed by atoms with van der Waals surface area (Å²) in [6.45, 7) is 2.72. The Hall–Kier alpha value is -0.240. The Labute approximate surface area is 151 Å². The summed E-state index contributed by atoms with van der Waals surface area (Å²) in [6.07, 6.45) is 7.35. The zero-order valence-electron chi connectivity index (χ0n) is 15.3. The molecular formula is C19H35NO5. The van der Waals surface area contributed by atoms with Crippen LogP contribution in [0.4, 0.5) is 0 Å². The van der Waals surface area contributed by atoms with Gasteiger partial charge >= 0.3 is 0 Å². The maximum Gasteiger partial charge on any atom is 0.0900 e. The van der Waals surface area contributed by atoms with E-state index in [4.69, 9.17) is 19.7 Å². The van der Waals surface area contributed by atoms with Crippen molar-refractivity contribution >= 4 is 0 Å². The van der Waals surface area contributed by atoms with E-state index in [1.54, 1.807) is 0 Å². The van der Waals surface area contributed by atoms with Crippen LogP contribution in [0.25, 0.3) is 0 Å². The van der Waals surface area contributed by atoms with E-state index in [1.807, 2.05) is 4.90 Å². The van der Waals surface area contributed by atoms with Crippen LogP contribution < -0.4 is 0 Å². The monoisotopic (exact) mass is 357 g/mol. The zero-order chi connectivity index (χ0) is 17.7. The normalized spacial score (nSPS) is 34.8. The van der Waals surface area contributed by atoms with Crippen LogP contribution in [0, 0.1) is 17.8 Å². The second-order valence-corrected chi connectivity index (χ2v) is 8.43. The molecule has 3 N–H and O–H groups in total. The summed E-state index contributed by atoms with van der Waals surface area (Å²) in [7, 11) is 0. The molecule has 6 nitrogen and oxygen atoms in total. The summed E-state index contributed by atoms with van der Waals surface area (Å²) in [5.41, 5.74) is 0.121. The first-order valence-electron chi connectivity index (χ1n) is 9.96. The van der Waals surface area contributed by atoms with Crippen molar-refractivity contribution in [2.75, 3.05) is 52.7 Å². The Kier molecular flexibility index (Phi) is 7.11. The molecule has 0 unspecified atom stereocenters. The molecule has 0 radical (unpaired) electrons. The van der Waals surface area contributed by atoms with Gasteiger partial charge in [-0.1, -0.05) is 0 Å². The van der Waals surface area contributed by atoms with Crippen molar-refractivity contribution in [3.8, 4) is 0 Å². The lowest BCUT2D eigenvalue weighted by molar-refractivity contribution is -0.170. The SMILES string of the molecule is OCCN(CCO)C[C@H](O)COCCOC12CC3CC(CC(C3)C1)C2. The highest BCUT2D eigenvalue weighted by atomic mass is 16.5. The number of aliphatic hydroxyl groups is 3. The molecule has 1 atom stereocenters. The molecule has 0 aromatic heterocycles. The third-order valence-corrected chi connectivity index (χ3v) is 6.23. The van der Waals surface area contributed by atoms with Gasteiger partial charge in [-0.25, -0.2) is 0 Å². The molecule has 4 bridgehead atoms. The number of hydrogen-bond acceptors (Lipinski definition) is 6. The zero-order valence-corrected chi connectivity index (χ0v) is 15.3. The van der Waals surface area contributed by atoms with Crippen molar-refractivity contribution in [1.82, 2.24) is 4.90 Å². The quantitative estimate of drug-likeness (QED) is 0.445. The summed E-state index contributed by atoms with van der Waals surface area (Å²) >= 11 is 0. The molecule has 4 aliphatic carbocycles. The average molecular weight is 357 g/mol. The predicted molar refractivity (Wildman–Crippen MR) is 94.3 cm³/mol. The van der Waals surface area contributed by atoms with Crippen LogP contribution in [0.3, 0.4) is 0 Å². The lowest BCUT2D eigenvalue weighted by Crippen LogP contribution is -2.52. The van der Waals surface area contributed by atoms with Crippen molar-refractivity contribution in [3.63, 3.8) is 0 Å². The highest BCUT2D eigenvalue weighted by Gasteiger charge is 2.51. The number of ether oxygens (including phenoxy) is 2. The predicted octanol–water partition coefficient (Wildman–Crippen LogP) is 0.636. The van der Waals surface area contributed by atoms with Crippen LogP contribution in [-0.2, 0) is 9.47 Å². The average Bonchev–Trinajstić information content (AvgIpc) is 2.53. The molecule has 4 saturated carbocycles. The molecule has 0 heterocycles. The van der Waals surface area contributed by atoms with Gasteiger partial charge in [0.05, 0.1) is 44.7 Å². The topological polar surface area (TPSA) is 82.4 Å². The Morgan fingerprint density at radius 3 is 2.00 bits per heavy atom. The van der Waals surface area contributed by atoms with Crippen LogP contribution in [0.2, 0.25) is 0 Å². The van der Waals surface area contributed by atoms with Crippen molar-refractivity contribution in [1.29, 1.82) is 0 Å². The Morgan fingerprint density at radius 2 is 1.48 bits per heavy atom. The van der Waals surface area contributed by atoms with E-state index >= 15 is 0 Å². The lowest BCUT2D eigenvalue weighted by atomic mass is 9.54. The third-order valence-electron chi connectivity index (χ3n) is 6.23. The first kappa shape index (κ1) is 19.5. The highest BCUT2D eigenvalue weighted by Crippen LogP contribution is 2.57. The molecule has 0 saturated heterocycles. The maximum absolute atomic E-state index is 10.0. The molecule has 4 aliphatic rings. The molecule has 0 spiro atoms. The van der Waals surface area contributed by atoms with E-state index in [9.17, 15) is 5.11 Å². The number of aliphatic hydroxyl groups excluding tert-OH is 3. The van der Waals surface area contributed by atoms with Gasteiger partial charge in [-0.05, 0) is 56.3 Å². The van der Waals surface area contributed by atoms with Crippen molar-refractivity contribution in [2.45, 2.75) is 50.2 Å². The van der Waals surface area contributed by atoms with Crippen molar-refractivity contribution < 1.29 is 24.8 Å². The van der Waals surface area contributed by atoms with E-state index < -0.39 is 6.10 Å². The van der Waals surface area contributed by atoms with E-state index in [-0.39, 0.29) is 25.4 Å². The molecule has 0 aliphatic heterocycles. The summed E-state index contributed by atoms with van der Waals surface area (Å²) in [4.78, 5) is 1.83. The van der Waals surface area contributed by atoms with Crippen LogP contribution in [0.15, 0.2) is 0 Å². The van der Waals surface area contributed by atoms with Gasteiger partial charge in [0.25, 0.3) is 0 Å². The second kappa shape index (κ2) is 9.11. The minimum absolute atomic E-state index is 0.0203. The van der Waals surface area contributed by atoms with Crippen LogP contribution in [0.5, 0.6) is 0 Å². The largest absolute Gasteiger partial charge is 0.395 e. The molecule has 146 valence electrons. The van der Waals surface area contributed by atoms with Crippen LogP contribution >= 0.6 is 0 Å². The van der Waals surface area contributed by atoms with Crippen LogP contribution in [-0.4, -0.2) is 84.6 Å². The molecule has 0 aromatic rings. The van der Waals surface area contributed by atoms with E-state index in [2.05, 4.69) is 0 Å². The van der Waals surface area contributed by atoms with Crippen molar-refractivity contribution in [3.05, 3.63) is 0 Å². The first-order chi connectivity index (χ1) is 12.1. The van der Waals surface area contributed by atoms with Gasteiger partial charge in [0.15, 0.2) is 0 Å². The smallest absolute Gasteiger partial charge is 0.0900 e. The number of nitrogens with zero attached hydrogens (tertiary/aromatic N) is 1. The fourth-order valence-electron chi connectivity index (χ4n) is 5.67. The molecule has 4 rings (SSSR count). The standard InChI is InChI=1S/C19H35NO5/c21-3-1-20(2-4-22)13-18(23)14-24-5-6-25-19-10-15-7-16(11-19)9-17(8-15)12-19/h15-18,21-23H,1-14H2/t15?,16?,17?,18-,19?/m0/s1. The first-order valence-corrected chi connectivity index (χ1v) is 9.96. The Bertz CT molecular complexity index is 364. The fourth-order valence-corrected chi connectivity index (χ4v) is 5.67. The molecule has 25 heavy (non-hydrogen) atoms. The maximum atomic E-state index is 10.0. The Morgan fingerprint density at radius 1 is 0.920 bits per heavy atom. The van der Waals surface area contributed by atoms with Gasteiger partial charge in [0, 0.05) is 19.6 Å². The van der Waals surface area contributed by atoms with Gasteiger partial charge in [-0.3, -0.25) is 4.90 Å². The molecular weight excluding hydrogens is 322 g/mol. The van der Waals surface area contributed by atoms with E-state index in [1.165, 1.54) is 38.5 Å². The highest BCUT2D eigenvalue weighted by molar-refractivity contribution is 5.03. The summed E-state index contributed by atoms with van der Waals surface area (Å²) < 4.78 is 11.9. The Balaban J connectivity index is 1.30. The lowest BCUT2D eigenvalue weighted by Gasteiger charge is -2.56. The van der Waals surface area contributed by atoms with Gasteiger partial charge in [-0.2, -0.15) is 0 Å². The summed E-state index contributed by atoms with van der Waals surface area (Å²) in [5.74, 6) is 2.66. The number of rotatable bonds is 12.